The molecule has 8 rings (SSSR count). The smallest absolute Gasteiger partial charge is 0.303 e. The molecule has 133 heavy (non-hydrogen) atoms. The van der Waals surface area contributed by atoms with Crippen molar-refractivity contribution in [1.82, 2.24) is 87.3 Å². The minimum Gasteiger partial charge on any atom is -0.508 e. The largest absolute Gasteiger partial charge is 0.508 e. The van der Waals surface area contributed by atoms with Gasteiger partial charge in [0.25, 0.3) is 0 Å². The molecule has 40 nitrogen and oxygen atoms in total. The average molecular weight is 1870 g/mol. The van der Waals surface area contributed by atoms with Gasteiger partial charge in [-0.25, -0.2) is 0 Å². The van der Waals surface area contributed by atoms with Crippen LogP contribution in [0.25, 0.3) is 21.8 Å². The number of phenolic OH excluding ortho intramolecular Hbond substituents is 1. The highest BCUT2D eigenvalue weighted by Crippen LogP contribution is 2.28. The number of likely N-dealkylation sites (N-methyl/N-ethyl adjacent to an activating group) is 4. The molecular formula is C92H128N20O20S. The van der Waals surface area contributed by atoms with Crippen LogP contribution in [0, 0.1) is 11.8 Å². The minimum atomic E-state index is -1.78. The topological polar surface area (TPSA) is 598 Å². The molecule has 13 atom stereocenters. The second-order valence-electron chi connectivity index (χ2n) is 34.3. The van der Waals surface area contributed by atoms with Gasteiger partial charge in [0, 0.05) is 124 Å². The van der Waals surface area contributed by atoms with Crippen LogP contribution in [0.4, 0.5) is 0 Å². The number of nitrogens with one attached hydrogen (secondary N) is 12. The van der Waals surface area contributed by atoms with Gasteiger partial charge >= 0.3 is 5.97 Å². The van der Waals surface area contributed by atoms with Crippen molar-refractivity contribution in [3.05, 3.63) is 126 Å². The first kappa shape index (κ1) is 105. The minimum absolute atomic E-state index is 0.0294. The van der Waals surface area contributed by atoms with Crippen LogP contribution in [-0.2, 0) is 112 Å². The molecule has 2 aliphatic rings. The first-order valence-electron chi connectivity index (χ1n) is 45.0. The van der Waals surface area contributed by atoms with E-state index in [0.29, 0.717) is 69.9 Å². The number of rotatable bonds is 27. The molecule has 722 valence electrons. The summed E-state index contributed by atoms with van der Waals surface area (Å²) in [5, 5.41) is 45.7. The Morgan fingerprint density at radius 2 is 1.12 bits per heavy atom. The monoisotopic (exact) mass is 1860 g/mol. The van der Waals surface area contributed by atoms with Crippen LogP contribution in [0.1, 0.15) is 154 Å². The maximum Gasteiger partial charge on any atom is 0.303 e. The Kier molecular flexibility index (Phi) is 40.3. The number of hydrogen-bond donors (Lipinski definition) is 17. The van der Waals surface area contributed by atoms with Crippen molar-refractivity contribution >= 4 is 140 Å². The van der Waals surface area contributed by atoms with E-state index in [9.17, 15) is 67.7 Å². The van der Waals surface area contributed by atoms with Crippen LogP contribution in [0.3, 0.4) is 0 Å². The number of aromatic nitrogens is 3. The number of primary amides is 2. The van der Waals surface area contributed by atoms with Crippen LogP contribution < -0.4 is 65.1 Å². The lowest BCUT2D eigenvalue weighted by Crippen LogP contribution is -2.60. The summed E-state index contributed by atoms with van der Waals surface area (Å²) in [5.41, 5.74) is 20.7. The number of unbranched alkanes of at least 4 members (excludes halogenated alkanes) is 2. The molecule has 0 aliphatic carbocycles. The average Bonchev–Trinajstić information content (AvgIpc) is 1.70. The number of hydrogen-bond acceptors (Lipinski definition) is 21. The maximum atomic E-state index is 15.8. The van der Waals surface area contributed by atoms with E-state index in [1.54, 1.807) is 74.8 Å². The van der Waals surface area contributed by atoms with Gasteiger partial charge in [-0.3, -0.25) is 86.3 Å². The van der Waals surface area contributed by atoms with Gasteiger partial charge in [0.1, 0.15) is 78.3 Å². The molecule has 2 aliphatic heterocycles. The molecular weight excluding hydrogens is 1740 g/mol. The number of amides is 16. The first-order chi connectivity index (χ1) is 63.3. The molecule has 3 aromatic carbocycles. The van der Waals surface area contributed by atoms with Crippen molar-refractivity contribution in [2.45, 2.75) is 230 Å². The second-order valence-corrected chi connectivity index (χ2v) is 35.3. The van der Waals surface area contributed by atoms with Gasteiger partial charge in [-0.15, -0.1) is 11.8 Å². The van der Waals surface area contributed by atoms with E-state index in [1.807, 2.05) is 26.0 Å². The fraction of sp³-hybridized carbons (Fsp3) is 0.522. The van der Waals surface area contributed by atoms with Crippen LogP contribution in [0.5, 0.6) is 5.75 Å². The van der Waals surface area contributed by atoms with Gasteiger partial charge in [0.05, 0.1) is 25.3 Å². The zero-order valence-corrected chi connectivity index (χ0v) is 77.5. The highest BCUT2D eigenvalue weighted by atomic mass is 32.2. The number of ketones is 1. The summed E-state index contributed by atoms with van der Waals surface area (Å²) in [6, 6.07) is 5.06. The molecule has 0 unspecified atom stereocenters. The zero-order valence-electron chi connectivity index (χ0n) is 76.7. The van der Waals surface area contributed by atoms with Gasteiger partial charge < -0.3 is 115 Å². The van der Waals surface area contributed by atoms with E-state index in [0.717, 1.165) is 26.5 Å². The Hall–Kier alpha value is -13.2. The molecule has 5 heterocycles. The van der Waals surface area contributed by atoms with E-state index in [1.165, 1.54) is 75.3 Å². The Morgan fingerprint density at radius 1 is 0.549 bits per heavy atom. The van der Waals surface area contributed by atoms with Gasteiger partial charge in [-0.05, 0) is 131 Å². The lowest BCUT2D eigenvalue weighted by Gasteiger charge is -2.36. The molecule has 20 N–H and O–H groups in total. The second kappa shape index (κ2) is 51.0. The molecule has 0 spiro atoms. The number of aromatic hydroxyl groups is 1. The number of nitrogens with zero attached hydrogens (tertiary/aromatic N) is 5. The third kappa shape index (κ3) is 30.4. The van der Waals surface area contributed by atoms with E-state index < -0.39 is 235 Å². The van der Waals surface area contributed by atoms with E-state index in [-0.39, 0.29) is 95.5 Å². The van der Waals surface area contributed by atoms with Crippen LogP contribution >= 0.6 is 11.8 Å². The number of aromatic amines is 3. The number of thioether (sulfide) groups is 1. The standard InChI is InChI=1S/C92H128N20O20S/c1-10-13-26-73-86(126)103-67(39-52(4)5)84(124)107-72(82(122)99-48-77(95)116)50-133-51-78(117)100-69(40-54-29-31-59(113)32-30-54)88(128)108(7)53(6)80(120)105-71(45-76(94)115)91(131)112-38-20-28-74(112)87(127)104-68(44-58-21-19-37-96-58)85(125)102-66(33-34-79(118)119)90(130)111(12-3)49-60(114)42-55(41-56-46-97-63-24-17-15-22-61(56)63)81(121)101-65(35-36-93)83(123)106-70(43-57-47-98-64-25-18-16-23-62(57)64)89(129)110(9)75(27-14-11-2)92(132)109(73)8/h15-19,21-25,29-32,37,46-47,52-53,55,65-75,96-98,113H,10-14,20,26-28,33-36,38-45,48-51,93H2,1-9H3,(H2,94,115)(H2,95,116)(H,99,122)(H,100,117)(H,101,121)(H,102,125)(H,103,126)(H,104,127)(H,105,120)(H,106,123)(H,107,124)(H,118,119)/t53-,55+,65-,66-,67-,68-,69-,70-,71-,72-,73-,74-,75-/m0/s1. The van der Waals surface area contributed by atoms with Crippen molar-refractivity contribution in [1.29, 1.82) is 0 Å². The van der Waals surface area contributed by atoms with Crippen LogP contribution in [0.15, 0.2) is 104 Å². The first-order valence-corrected chi connectivity index (χ1v) is 46.2. The number of carboxylic acid groups (broad SMARTS) is 1. The predicted molar refractivity (Wildman–Crippen MR) is 494 cm³/mol. The summed E-state index contributed by atoms with van der Waals surface area (Å²) < 4.78 is 0. The van der Waals surface area contributed by atoms with Gasteiger partial charge in [0.2, 0.25) is 94.5 Å². The fourth-order valence-electron chi connectivity index (χ4n) is 16.3. The number of aliphatic carboxylic acids is 1. The fourth-order valence-corrected chi connectivity index (χ4v) is 17.2. The van der Waals surface area contributed by atoms with Gasteiger partial charge in [-0.1, -0.05) is 102 Å². The predicted octanol–water partition coefficient (Wildman–Crippen LogP) is 0.611. The van der Waals surface area contributed by atoms with Gasteiger partial charge in [-0.2, -0.15) is 0 Å². The summed E-state index contributed by atoms with van der Waals surface area (Å²) in [5.74, 6) is -19.2. The zero-order chi connectivity index (χ0) is 97.4. The van der Waals surface area contributed by atoms with Crippen molar-refractivity contribution < 1.29 is 96.5 Å². The normalized spacial score (nSPS) is 23.5. The molecule has 16 amide bonds. The van der Waals surface area contributed by atoms with Crippen molar-refractivity contribution in [2.24, 2.45) is 29.0 Å². The number of phenols is 1. The summed E-state index contributed by atoms with van der Waals surface area (Å²) in [6.45, 7) is 8.11. The van der Waals surface area contributed by atoms with Crippen molar-refractivity contribution in [3.8, 4) is 5.75 Å². The molecule has 2 fully saturated rings. The quantitative estimate of drug-likeness (QED) is 0.0336. The molecule has 2 saturated heterocycles. The number of H-pyrrole nitrogens is 3. The number of fused-ring (bicyclic) bond motifs is 3. The molecule has 0 bridgehead atoms. The van der Waals surface area contributed by atoms with E-state index in [2.05, 4.69) is 62.8 Å². The molecule has 0 saturated carbocycles. The maximum absolute atomic E-state index is 15.8. The Balaban J connectivity index is 1.19. The molecule has 3 aromatic heterocycles. The summed E-state index contributed by atoms with van der Waals surface area (Å²) >= 11 is 0.796. The number of para-hydroxylation sites is 2. The van der Waals surface area contributed by atoms with E-state index >= 15 is 28.8 Å². The van der Waals surface area contributed by atoms with Crippen LogP contribution in [-0.4, -0.2) is 294 Å². The number of nitrogens with two attached hydrogens (primary N) is 3. The van der Waals surface area contributed by atoms with E-state index in [4.69, 9.17) is 17.2 Å². The number of carbonyl (C=O) groups is 18. The Bertz CT molecular complexity index is 5100. The third-order valence-corrected chi connectivity index (χ3v) is 24.8. The summed E-state index contributed by atoms with van der Waals surface area (Å²) in [6.07, 6.45) is 3.07. The number of carbonyl (C=O) groups excluding carboxylic acids is 17. The molecule has 0 radical (unpaired) electrons. The van der Waals surface area contributed by atoms with Crippen LogP contribution in [0.2, 0.25) is 0 Å². The Labute approximate surface area is 775 Å². The number of carboxylic acids is 1. The highest BCUT2D eigenvalue weighted by Gasteiger charge is 2.44. The van der Waals surface area contributed by atoms with Crippen molar-refractivity contribution in [3.63, 3.8) is 0 Å². The lowest BCUT2D eigenvalue weighted by molar-refractivity contribution is -0.149. The summed E-state index contributed by atoms with van der Waals surface area (Å²) in [7, 11) is 4.01. The molecule has 41 heteroatoms. The molecule has 6 aromatic rings. The summed E-state index contributed by atoms with van der Waals surface area (Å²) in [4.78, 5) is 277. The number of Topliss-reactive ketones (excluding diaryl/α,β-unsaturated/α-hetero) is 1. The third-order valence-electron chi connectivity index (χ3n) is 23.8. The van der Waals surface area contributed by atoms with Gasteiger partial charge in [0.15, 0.2) is 5.78 Å². The van der Waals surface area contributed by atoms with Crippen molar-refractivity contribution in [2.75, 3.05) is 65.4 Å². The SMILES string of the molecule is CCCC[C@H]1C(=O)N(C)[C@@H](CCCC)C(=O)N[C@@H](CC(C)C)C(=O)N[C@H](C(=O)NCC(N)=O)CSCC(=O)N[C@@H](Cc2ccc(O)cc2)C(=O)N(C)[C@@H](C)C(=O)N[C@@H](CC(N)=O)C(=O)N2CCC[C@H]2C(=O)N[C@@H](Cc2ccc[nH]2)C(=O)N[C@@H](CCC(=O)O)C(=O)N(CC)CC(=O)C[C@@H](Cc2c[nH]c3ccccc23)C(=O)N[C@@H](CCN)C(=O)N[C@@H](Cc2c[nH]c3ccccc23)C(=O)N1C. The Morgan fingerprint density at radius 3 is 1.72 bits per heavy atom. The highest BCUT2D eigenvalue weighted by molar-refractivity contribution is 8.00. The lowest BCUT2D eigenvalue weighted by atomic mass is 9.92. The number of benzene rings is 3.